The lowest BCUT2D eigenvalue weighted by Gasteiger charge is -2.15. The summed E-state index contributed by atoms with van der Waals surface area (Å²) < 4.78 is 0. The predicted molar refractivity (Wildman–Crippen MR) is 95.9 cm³/mol. The first-order valence-electron chi connectivity index (χ1n) is 7.58. The number of hydrogen-bond acceptors (Lipinski definition) is 2. The number of nitrogens with two attached hydrogens (primary N) is 1. The number of nitrogen functional groups attached to an aromatic ring is 1. The molecule has 0 heterocycles. The molecule has 0 spiro atoms. The average Bonchev–Trinajstić information content (AvgIpc) is 2.57. The number of anilines is 1. The van der Waals surface area contributed by atoms with Crippen molar-refractivity contribution in [2.75, 3.05) is 5.73 Å². The summed E-state index contributed by atoms with van der Waals surface area (Å²) in [6, 6.07) is 22.7. The van der Waals surface area contributed by atoms with Crippen LogP contribution >= 0.6 is 0 Å². The molecule has 0 saturated carbocycles. The first-order valence-corrected chi connectivity index (χ1v) is 7.58. The summed E-state index contributed by atoms with van der Waals surface area (Å²) in [6.45, 7) is 4.08. The Balaban J connectivity index is 2.22. The molecule has 0 aliphatic rings. The van der Waals surface area contributed by atoms with Crippen LogP contribution in [-0.4, -0.2) is 0 Å². The Labute approximate surface area is 136 Å². The molecule has 23 heavy (non-hydrogen) atoms. The molecule has 3 rings (SSSR count). The highest BCUT2D eigenvalue weighted by atomic mass is 14.6. The van der Waals surface area contributed by atoms with Gasteiger partial charge in [0.1, 0.15) is 6.07 Å². The van der Waals surface area contributed by atoms with Gasteiger partial charge in [0.25, 0.3) is 0 Å². The van der Waals surface area contributed by atoms with Gasteiger partial charge in [0.05, 0.1) is 5.56 Å². The topological polar surface area (TPSA) is 49.8 Å². The summed E-state index contributed by atoms with van der Waals surface area (Å²) in [5.41, 5.74) is 13.7. The molecule has 0 atom stereocenters. The molecule has 0 aliphatic carbocycles. The zero-order valence-corrected chi connectivity index (χ0v) is 13.3. The predicted octanol–water partition coefficient (Wildman–Crippen LogP) is 5.09. The Morgan fingerprint density at radius 2 is 1.39 bits per heavy atom. The number of hydrogen-bond donors (Lipinski definition) is 1. The number of benzene rings is 3. The van der Waals surface area contributed by atoms with Crippen LogP contribution in [0.1, 0.15) is 16.7 Å². The van der Waals surface area contributed by atoms with Crippen LogP contribution < -0.4 is 5.73 Å². The van der Waals surface area contributed by atoms with Crippen molar-refractivity contribution < 1.29 is 0 Å². The average molecular weight is 298 g/mol. The summed E-state index contributed by atoms with van der Waals surface area (Å²) in [6.07, 6.45) is 0. The fourth-order valence-corrected chi connectivity index (χ4v) is 3.03. The van der Waals surface area contributed by atoms with E-state index in [2.05, 4.69) is 43.3 Å². The van der Waals surface area contributed by atoms with Gasteiger partial charge in [-0.25, -0.2) is 0 Å². The monoisotopic (exact) mass is 298 g/mol. The third kappa shape index (κ3) is 2.58. The van der Waals surface area contributed by atoms with E-state index >= 15 is 0 Å². The Kier molecular flexibility index (Phi) is 3.87. The lowest BCUT2D eigenvalue weighted by molar-refractivity contribution is 1.37. The molecule has 3 aromatic carbocycles. The summed E-state index contributed by atoms with van der Waals surface area (Å²) >= 11 is 0. The van der Waals surface area contributed by atoms with E-state index in [0.29, 0.717) is 11.3 Å². The fraction of sp³-hybridized carbons (Fsp3) is 0.0952. The van der Waals surface area contributed by atoms with Crippen molar-refractivity contribution >= 4 is 5.69 Å². The van der Waals surface area contributed by atoms with Crippen LogP contribution in [0.4, 0.5) is 5.69 Å². The van der Waals surface area contributed by atoms with Crippen molar-refractivity contribution in [1.29, 1.82) is 5.26 Å². The van der Waals surface area contributed by atoms with Gasteiger partial charge in [0.2, 0.25) is 0 Å². The van der Waals surface area contributed by atoms with E-state index in [0.717, 1.165) is 16.7 Å². The third-order valence-corrected chi connectivity index (χ3v) is 4.32. The van der Waals surface area contributed by atoms with Crippen molar-refractivity contribution in [2.45, 2.75) is 13.8 Å². The highest BCUT2D eigenvalue weighted by Crippen LogP contribution is 2.35. The smallest absolute Gasteiger partial charge is 0.102 e. The molecule has 3 aromatic rings. The lowest BCUT2D eigenvalue weighted by Crippen LogP contribution is -1.97. The lowest BCUT2D eigenvalue weighted by atomic mass is 9.89. The van der Waals surface area contributed by atoms with E-state index in [1.54, 1.807) is 0 Å². The van der Waals surface area contributed by atoms with E-state index in [4.69, 9.17) is 5.73 Å². The maximum Gasteiger partial charge on any atom is 0.102 e. The molecule has 0 radical (unpaired) electrons. The maximum absolute atomic E-state index is 9.34. The first-order chi connectivity index (χ1) is 11.1. The molecule has 0 fully saturated rings. The normalized spacial score (nSPS) is 10.3. The Morgan fingerprint density at radius 1 is 0.739 bits per heavy atom. The maximum atomic E-state index is 9.34. The van der Waals surface area contributed by atoms with Gasteiger partial charge in [-0.2, -0.15) is 5.26 Å². The number of nitrogens with zero attached hydrogens (tertiary/aromatic N) is 1. The molecule has 2 heteroatoms. The van der Waals surface area contributed by atoms with E-state index in [9.17, 15) is 5.26 Å². The van der Waals surface area contributed by atoms with Gasteiger partial charge >= 0.3 is 0 Å². The van der Waals surface area contributed by atoms with Gasteiger partial charge in [-0.3, -0.25) is 0 Å². The van der Waals surface area contributed by atoms with Crippen LogP contribution in [0.3, 0.4) is 0 Å². The van der Waals surface area contributed by atoms with Crippen LogP contribution in [0.5, 0.6) is 0 Å². The van der Waals surface area contributed by atoms with Gasteiger partial charge < -0.3 is 5.73 Å². The van der Waals surface area contributed by atoms with Crippen LogP contribution in [0.15, 0.2) is 60.7 Å². The molecular formula is C21H18N2. The molecule has 2 nitrogen and oxygen atoms in total. The summed E-state index contributed by atoms with van der Waals surface area (Å²) in [5, 5.41) is 9.34. The second-order valence-corrected chi connectivity index (χ2v) is 5.66. The molecule has 0 aromatic heterocycles. The van der Waals surface area contributed by atoms with Crippen molar-refractivity contribution in [1.82, 2.24) is 0 Å². The van der Waals surface area contributed by atoms with Gasteiger partial charge in [-0.1, -0.05) is 54.6 Å². The molecule has 2 N–H and O–H groups in total. The van der Waals surface area contributed by atoms with E-state index in [1.807, 2.05) is 37.3 Å². The van der Waals surface area contributed by atoms with Crippen molar-refractivity contribution in [3.05, 3.63) is 77.4 Å². The van der Waals surface area contributed by atoms with Gasteiger partial charge in [-0.15, -0.1) is 0 Å². The first kappa shape index (κ1) is 14.9. The van der Waals surface area contributed by atoms with Crippen molar-refractivity contribution in [3.63, 3.8) is 0 Å². The minimum atomic E-state index is 0.533. The molecule has 0 saturated heterocycles. The highest BCUT2D eigenvalue weighted by Gasteiger charge is 2.13. The molecule has 0 amide bonds. The minimum Gasteiger partial charge on any atom is -0.398 e. The van der Waals surface area contributed by atoms with Crippen molar-refractivity contribution in [3.8, 4) is 28.3 Å². The second kappa shape index (κ2) is 5.98. The summed E-state index contributed by atoms with van der Waals surface area (Å²) in [4.78, 5) is 0. The zero-order valence-electron chi connectivity index (χ0n) is 13.3. The summed E-state index contributed by atoms with van der Waals surface area (Å²) in [5.74, 6) is 0. The van der Waals surface area contributed by atoms with Crippen LogP contribution in [0.25, 0.3) is 22.3 Å². The fourth-order valence-electron chi connectivity index (χ4n) is 3.03. The minimum absolute atomic E-state index is 0.533. The van der Waals surface area contributed by atoms with E-state index in [-0.39, 0.29) is 0 Å². The molecule has 0 unspecified atom stereocenters. The number of nitriles is 1. The summed E-state index contributed by atoms with van der Waals surface area (Å²) in [7, 11) is 0. The Bertz CT molecular complexity index is 903. The van der Waals surface area contributed by atoms with Crippen LogP contribution in [0.2, 0.25) is 0 Å². The van der Waals surface area contributed by atoms with E-state index < -0.39 is 0 Å². The third-order valence-electron chi connectivity index (χ3n) is 4.32. The van der Waals surface area contributed by atoms with Gasteiger partial charge in [-0.05, 0) is 53.3 Å². The zero-order chi connectivity index (χ0) is 16.4. The quantitative estimate of drug-likeness (QED) is 0.670. The van der Waals surface area contributed by atoms with Crippen LogP contribution in [0, 0.1) is 25.2 Å². The molecule has 112 valence electrons. The number of rotatable bonds is 2. The Morgan fingerprint density at radius 3 is 2.09 bits per heavy atom. The van der Waals surface area contributed by atoms with Crippen molar-refractivity contribution in [2.24, 2.45) is 0 Å². The molecule has 0 aliphatic heterocycles. The second-order valence-electron chi connectivity index (χ2n) is 5.66. The molecular weight excluding hydrogens is 280 g/mol. The van der Waals surface area contributed by atoms with Gasteiger partial charge in [0, 0.05) is 5.69 Å². The Hall–Kier alpha value is -3.05. The highest BCUT2D eigenvalue weighted by molar-refractivity contribution is 5.82. The molecule has 0 bridgehead atoms. The van der Waals surface area contributed by atoms with Crippen LogP contribution in [-0.2, 0) is 0 Å². The standard InChI is InChI=1S/C21H18N2/c1-14-17(16-7-4-3-5-8-16)9-6-10-18(14)19-11-12-21(23)20(13-22)15(19)2/h3-12H,23H2,1-2H3. The van der Waals surface area contributed by atoms with E-state index in [1.165, 1.54) is 16.7 Å². The van der Waals surface area contributed by atoms with Gasteiger partial charge in [0.15, 0.2) is 0 Å². The SMILES string of the molecule is Cc1c(-c2ccccc2)cccc1-c1ccc(N)c(C#N)c1C. The largest absolute Gasteiger partial charge is 0.398 e.